The molecule has 256 valence electrons. The summed E-state index contributed by atoms with van der Waals surface area (Å²) in [6.45, 7) is 8.22. The zero-order valence-electron chi connectivity index (χ0n) is 26.7. The molecule has 19 atom stereocenters. The van der Waals surface area contributed by atoms with Gasteiger partial charge in [0, 0.05) is 36.5 Å². The molecule has 0 aromatic heterocycles. The number of carbonyl (C=O) groups excluding carboxylic acids is 1. The molecule has 0 radical (unpaired) electrons. The zero-order chi connectivity index (χ0) is 32.4. The van der Waals surface area contributed by atoms with Crippen LogP contribution in [0.1, 0.15) is 72.6 Å². The Morgan fingerprint density at radius 2 is 1.67 bits per heavy atom. The van der Waals surface area contributed by atoms with Crippen LogP contribution in [0.5, 0.6) is 0 Å². The van der Waals surface area contributed by atoms with Crippen LogP contribution < -0.4 is 0 Å². The van der Waals surface area contributed by atoms with Crippen LogP contribution in [0.4, 0.5) is 0 Å². The van der Waals surface area contributed by atoms with Gasteiger partial charge in [0.1, 0.15) is 30.0 Å². The van der Waals surface area contributed by atoms with Crippen molar-refractivity contribution in [1.29, 1.82) is 0 Å². The van der Waals surface area contributed by atoms with Crippen molar-refractivity contribution < 1.29 is 59.5 Å². The van der Waals surface area contributed by atoms with E-state index in [2.05, 4.69) is 13.8 Å². The highest BCUT2D eigenvalue weighted by atomic mass is 16.7. The number of hydrogen-bond donors (Lipinski definition) is 7. The maximum atomic E-state index is 13.7. The molecule has 4 aliphatic carbocycles. The van der Waals surface area contributed by atoms with Crippen molar-refractivity contribution in [2.24, 2.45) is 46.3 Å². The monoisotopic (exact) mass is 640 g/mol. The first-order chi connectivity index (χ1) is 21.1. The van der Waals surface area contributed by atoms with Crippen LogP contribution in [0.2, 0.25) is 0 Å². The van der Waals surface area contributed by atoms with Crippen molar-refractivity contribution in [3.05, 3.63) is 0 Å². The van der Waals surface area contributed by atoms with E-state index in [0.717, 1.165) is 19.3 Å². The van der Waals surface area contributed by atoms with Crippen molar-refractivity contribution in [3.63, 3.8) is 0 Å². The van der Waals surface area contributed by atoms with Gasteiger partial charge in [0.25, 0.3) is 0 Å². The van der Waals surface area contributed by atoms with Gasteiger partial charge in [-0.1, -0.05) is 27.7 Å². The maximum absolute atomic E-state index is 13.7. The van der Waals surface area contributed by atoms with Gasteiger partial charge in [0.05, 0.1) is 37.6 Å². The third kappa shape index (κ3) is 4.47. The number of carbonyl (C=O) groups is 1. The van der Waals surface area contributed by atoms with Crippen molar-refractivity contribution in [2.45, 2.75) is 139 Å². The van der Waals surface area contributed by atoms with Gasteiger partial charge in [-0.05, 0) is 54.8 Å². The highest BCUT2D eigenvalue weighted by Crippen LogP contribution is 2.71. The maximum Gasteiger partial charge on any atom is 0.186 e. The lowest BCUT2D eigenvalue weighted by Crippen LogP contribution is -2.69. The van der Waals surface area contributed by atoms with Gasteiger partial charge < -0.3 is 54.7 Å². The first kappa shape index (κ1) is 32.8. The van der Waals surface area contributed by atoms with Crippen LogP contribution in [-0.2, 0) is 23.7 Å². The van der Waals surface area contributed by atoms with E-state index in [1.807, 2.05) is 13.8 Å². The minimum Gasteiger partial charge on any atom is -0.394 e. The smallest absolute Gasteiger partial charge is 0.186 e. The summed E-state index contributed by atoms with van der Waals surface area (Å²) in [6.07, 6.45) is -6.19. The van der Waals surface area contributed by atoms with Crippen molar-refractivity contribution >= 4 is 5.78 Å². The Balaban J connectivity index is 1.10. The summed E-state index contributed by atoms with van der Waals surface area (Å²) in [6, 6.07) is 0. The molecule has 3 aliphatic heterocycles. The van der Waals surface area contributed by atoms with Crippen molar-refractivity contribution in [3.8, 4) is 0 Å². The molecule has 7 aliphatic rings. The minimum absolute atomic E-state index is 0.0130. The number of fused-ring (bicyclic) bond motifs is 7. The molecule has 7 N–H and O–H groups in total. The van der Waals surface area contributed by atoms with E-state index in [0.29, 0.717) is 13.0 Å². The van der Waals surface area contributed by atoms with Crippen LogP contribution in [0.3, 0.4) is 0 Å². The highest BCUT2D eigenvalue weighted by molar-refractivity contribution is 5.89. The van der Waals surface area contributed by atoms with Crippen LogP contribution in [0.15, 0.2) is 0 Å². The number of ether oxygens (including phenoxy) is 4. The Bertz CT molecular complexity index is 1170. The molecule has 0 aromatic carbocycles. The number of Topliss-reactive ketones (excluding diaryl/α,β-unsaturated/α-hetero) is 1. The standard InChI is InChI=1S/C33H52O12/c1-14-13-42-33(11-22(14)43-29-28(40)27(39)26(38)23(12-34)44-29)15(2)25-21(45-33)8-18-16-7-24(37)32(41)10-20(36)19(35)9-31(32,4)17(16)5-6-30(18,25)3/h14-23,25-29,34-36,38-41H,5-13H2,1-4H3/t14-,15-,16+,17-,18-,19+,20+,21-,22-,23+,25-,26+,27-,28+,29+,30-,31+,32+,33+/m0/s1. The summed E-state index contributed by atoms with van der Waals surface area (Å²) in [7, 11) is 0. The predicted octanol–water partition coefficient (Wildman–Crippen LogP) is -0.146. The molecule has 4 saturated carbocycles. The minimum atomic E-state index is -1.63. The van der Waals surface area contributed by atoms with E-state index >= 15 is 0 Å². The summed E-state index contributed by atoms with van der Waals surface area (Å²) in [5.41, 5.74) is -2.57. The van der Waals surface area contributed by atoms with E-state index in [1.54, 1.807) is 0 Å². The molecule has 0 unspecified atom stereocenters. The zero-order valence-corrected chi connectivity index (χ0v) is 26.7. The molecular weight excluding hydrogens is 588 g/mol. The molecule has 0 amide bonds. The van der Waals surface area contributed by atoms with E-state index in [4.69, 9.17) is 18.9 Å². The van der Waals surface area contributed by atoms with Gasteiger partial charge in [0.2, 0.25) is 0 Å². The first-order valence-corrected chi connectivity index (χ1v) is 17.0. The number of hydrogen-bond acceptors (Lipinski definition) is 12. The molecule has 3 heterocycles. The molecule has 0 bridgehead atoms. The Kier molecular flexibility index (Phi) is 7.91. The largest absolute Gasteiger partial charge is 0.394 e. The molecule has 45 heavy (non-hydrogen) atoms. The van der Waals surface area contributed by atoms with Crippen LogP contribution in [-0.4, -0.2) is 121 Å². The normalized spacial score (nSPS) is 61.0. The summed E-state index contributed by atoms with van der Waals surface area (Å²) in [5.74, 6) is -0.777. The average molecular weight is 641 g/mol. The Hall–Kier alpha value is -0.770. The Morgan fingerprint density at radius 3 is 2.38 bits per heavy atom. The van der Waals surface area contributed by atoms with Gasteiger partial charge in [-0.2, -0.15) is 0 Å². The quantitative estimate of drug-likeness (QED) is 0.216. The van der Waals surface area contributed by atoms with Gasteiger partial charge in [0.15, 0.2) is 17.9 Å². The second kappa shape index (κ2) is 10.9. The van der Waals surface area contributed by atoms with Crippen LogP contribution in [0, 0.1) is 46.3 Å². The Labute approximate surface area is 264 Å². The third-order valence-corrected chi connectivity index (χ3v) is 14.2. The number of aliphatic hydroxyl groups excluding tert-OH is 6. The molecule has 3 saturated heterocycles. The summed E-state index contributed by atoms with van der Waals surface area (Å²) >= 11 is 0. The van der Waals surface area contributed by atoms with Gasteiger partial charge in [-0.25, -0.2) is 0 Å². The topological polar surface area (TPSA) is 196 Å². The summed E-state index contributed by atoms with van der Waals surface area (Å²) in [5, 5.41) is 73.5. The lowest BCUT2D eigenvalue weighted by molar-refractivity contribution is -0.344. The van der Waals surface area contributed by atoms with Gasteiger partial charge >= 0.3 is 0 Å². The molecule has 7 fully saturated rings. The van der Waals surface area contributed by atoms with Crippen molar-refractivity contribution in [2.75, 3.05) is 13.2 Å². The lowest BCUT2D eigenvalue weighted by Gasteiger charge is -2.63. The lowest BCUT2D eigenvalue weighted by atomic mass is 9.42. The molecule has 7 rings (SSSR count). The van der Waals surface area contributed by atoms with E-state index in [1.165, 1.54) is 0 Å². The molecule has 1 spiro atoms. The van der Waals surface area contributed by atoms with Crippen LogP contribution in [0.25, 0.3) is 0 Å². The number of aliphatic hydroxyl groups is 7. The predicted molar refractivity (Wildman–Crippen MR) is 155 cm³/mol. The van der Waals surface area contributed by atoms with Gasteiger partial charge in [-0.3, -0.25) is 4.79 Å². The second-order valence-electron chi connectivity index (χ2n) is 16.3. The third-order valence-electron chi connectivity index (χ3n) is 14.2. The summed E-state index contributed by atoms with van der Waals surface area (Å²) in [4.78, 5) is 13.7. The molecular formula is C33H52O12. The van der Waals surface area contributed by atoms with Crippen LogP contribution >= 0.6 is 0 Å². The fourth-order valence-corrected chi connectivity index (χ4v) is 11.6. The van der Waals surface area contributed by atoms with E-state index < -0.39 is 72.4 Å². The van der Waals surface area contributed by atoms with E-state index in [9.17, 15) is 40.5 Å². The summed E-state index contributed by atoms with van der Waals surface area (Å²) < 4.78 is 25.3. The molecule has 12 heteroatoms. The SMILES string of the molecule is C[C@H]1CO[C@]2(C[C@@H]1O[C@@H]1O[C@H](CO)[C@@H](O)[C@H](O)[C@H]1O)O[C@H]1C[C@H]3[C@@H]4CC(=O)[C@]5(O)C[C@@H](O)[C@H](O)C[C@]5(C)[C@H]4CC[C@]3(C)[C@H]1[C@@H]2C. The van der Waals surface area contributed by atoms with E-state index in [-0.39, 0.29) is 72.1 Å². The second-order valence-corrected chi connectivity index (χ2v) is 16.3. The fraction of sp³-hybridized carbons (Fsp3) is 0.970. The highest BCUT2D eigenvalue weighted by Gasteiger charge is 2.73. The Morgan fingerprint density at radius 1 is 0.956 bits per heavy atom. The number of rotatable bonds is 3. The fourth-order valence-electron chi connectivity index (χ4n) is 11.6. The number of ketones is 1. The molecule has 0 aromatic rings. The van der Waals surface area contributed by atoms with Crippen molar-refractivity contribution in [1.82, 2.24) is 0 Å². The van der Waals surface area contributed by atoms with Gasteiger partial charge in [-0.15, -0.1) is 0 Å². The first-order valence-electron chi connectivity index (χ1n) is 17.0. The average Bonchev–Trinajstić information content (AvgIpc) is 3.43. The molecule has 12 nitrogen and oxygen atoms in total.